The quantitative estimate of drug-likeness (QED) is 0.515. The number of guanidine groups is 1. The Balaban J connectivity index is 1.61. The van der Waals surface area contributed by atoms with Gasteiger partial charge in [0.2, 0.25) is 0 Å². The number of nitrogens with one attached hydrogen (secondary N) is 2. The SMILES string of the molecule is CCNC(=NCC(C(C)C)N1CCCC1)NC1CCc2nc(COC)nn2C1. The molecule has 1 fully saturated rings. The average Bonchev–Trinajstić information content (AvgIpc) is 3.31. The molecular weight excluding hydrogens is 354 g/mol. The lowest BCUT2D eigenvalue weighted by Crippen LogP contribution is -2.48. The Hall–Kier alpha value is -1.67. The molecule has 0 bridgehead atoms. The van der Waals surface area contributed by atoms with Crippen LogP contribution in [0.25, 0.3) is 0 Å². The summed E-state index contributed by atoms with van der Waals surface area (Å²) < 4.78 is 7.17. The van der Waals surface area contributed by atoms with Crippen molar-refractivity contribution in [3.63, 3.8) is 0 Å². The van der Waals surface area contributed by atoms with E-state index in [4.69, 9.17) is 9.73 Å². The number of ether oxygens (including phenoxy) is 1. The van der Waals surface area contributed by atoms with Crippen LogP contribution in [-0.2, 0) is 24.3 Å². The summed E-state index contributed by atoms with van der Waals surface area (Å²) in [6.45, 7) is 12.1. The minimum absolute atomic E-state index is 0.312. The second-order valence-electron chi connectivity index (χ2n) is 8.21. The fourth-order valence-electron chi connectivity index (χ4n) is 4.19. The molecule has 0 radical (unpaired) electrons. The van der Waals surface area contributed by atoms with Gasteiger partial charge in [0.15, 0.2) is 11.8 Å². The molecule has 2 unspecified atom stereocenters. The van der Waals surface area contributed by atoms with Gasteiger partial charge in [-0.25, -0.2) is 9.67 Å². The summed E-state index contributed by atoms with van der Waals surface area (Å²) in [5, 5.41) is 11.6. The molecule has 3 heterocycles. The number of fused-ring (bicyclic) bond motifs is 1. The van der Waals surface area contributed by atoms with Crippen molar-refractivity contribution in [1.82, 2.24) is 30.3 Å². The number of methoxy groups -OCH3 is 1. The minimum atomic E-state index is 0.312. The lowest BCUT2D eigenvalue weighted by atomic mass is 10.0. The van der Waals surface area contributed by atoms with Crippen molar-refractivity contribution in [3.05, 3.63) is 11.6 Å². The predicted molar refractivity (Wildman–Crippen MR) is 111 cm³/mol. The molecular formula is C20H37N7O. The Labute approximate surface area is 169 Å². The summed E-state index contributed by atoms with van der Waals surface area (Å²) in [6, 6.07) is 0.828. The van der Waals surface area contributed by atoms with Gasteiger partial charge in [0.25, 0.3) is 0 Å². The van der Waals surface area contributed by atoms with Crippen molar-refractivity contribution in [2.75, 3.05) is 33.3 Å². The predicted octanol–water partition coefficient (Wildman–Crippen LogP) is 1.41. The number of aromatic nitrogens is 3. The summed E-state index contributed by atoms with van der Waals surface area (Å²) in [7, 11) is 1.68. The zero-order valence-corrected chi connectivity index (χ0v) is 17.9. The maximum atomic E-state index is 5.16. The number of rotatable bonds is 8. The number of nitrogens with zero attached hydrogens (tertiary/aromatic N) is 5. The van der Waals surface area contributed by atoms with E-state index in [-0.39, 0.29) is 0 Å². The maximum Gasteiger partial charge on any atom is 0.191 e. The highest BCUT2D eigenvalue weighted by molar-refractivity contribution is 5.80. The van der Waals surface area contributed by atoms with Crippen LogP contribution >= 0.6 is 0 Å². The fourth-order valence-corrected chi connectivity index (χ4v) is 4.19. The van der Waals surface area contributed by atoms with E-state index in [0.717, 1.165) is 50.1 Å². The first-order chi connectivity index (χ1) is 13.6. The van der Waals surface area contributed by atoms with E-state index in [1.54, 1.807) is 7.11 Å². The Morgan fingerprint density at radius 3 is 2.79 bits per heavy atom. The fraction of sp³-hybridized carbons (Fsp3) is 0.850. The van der Waals surface area contributed by atoms with Gasteiger partial charge in [0.05, 0.1) is 13.1 Å². The monoisotopic (exact) mass is 391 g/mol. The maximum absolute atomic E-state index is 5.16. The van der Waals surface area contributed by atoms with Crippen molar-refractivity contribution in [1.29, 1.82) is 0 Å². The van der Waals surface area contributed by atoms with Crippen molar-refractivity contribution >= 4 is 5.96 Å². The number of likely N-dealkylation sites (tertiary alicyclic amines) is 1. The molecule has 0 saturated carbocycles. The van der Waals surface area contributed by atoms with E-state index in [0.29, 0.717) is 24.6 Å². The number of hydrogen-bond donors (Lipinski definition) is 2. The molecule has 1 saturated heterocycles. The van der Waals surface area contributed by atoms with Crippen molar-refractivity contribution < 1.29 is 4.74 Å². The van der Waals surface area contributed by atoms with Crippen LogP contribution in [0.3, 0.4) is 0 Å². The Morgan fingerprint density at radius 1 is 1.32 bits per heavy atom. The molecule has 0 aliphatic carbocycles. The van der Waals surface area contributed by atoms with Gasteiger partial charge in [-0.1, -0.05) is 13.8 Å². The number of aliphatic imine (C=N–C) groups is 1. The molecule has 0 aromatic carbocycles. The van der Waals surface area contributed by atoms with Crippen LogP contribution < -0.4 is 10.6 Å². The van der Waals surface area contributed by atoms with Crippen molar-refractivity contribution in [2.45, 2.75) is 71.7 Å². The molecule has 8 nitrogen and oxygen atoms in total. The topological polar surface area (TPSA) is 79.6 Å². The highest BCUT2D eigenvalue weighted by Crippen LogP contribution is 2.18. The summed E-state index contributed by atoms with van der Waals surface area (Å²) in [5.74, 6) is 3.35. The van der Waals surface area contributed by atoms with Gasteiger partial charge in [-0.3, -0.25) is 9.89 Å². The van der Waals surface area contributed by atoms with Gasteiger partial charge in [-0.05, 0) is 45.2 Å². The van der Waals surface area contributed by atoms with E-state index >= 15 is 0 Å². The Bertz CT molecular complexity index is 636. The molecule has 1 aromatic rings. The lowest BCUT2D eigenvalue weighted by Gasteiger charge is -2.30. The normalized spacial score (nSPS) is 21.8. The summed E-state index contributed by atoms with van der Waals surface area (Å²) in [6.07, 6.45) is 4.60. The van der Waals surface area contributed by atoms with Gasteiger partial charge in [0, 0.05) is 32.2 Å². The lowest BCUT2D eigenvalue weighted by molar-refractivity contribution is 0.177. The number of hydrogen-bond acceptors (Lipinski definition) is 5. The molecule has 1 aromatic heterocycles. The van der Waals surface area contributed by atoms with E-state index in [1.807, 2.05) is 4.68 Å². The largest absolute Gasteiger partial charge is 0.377 e. The van der Waals surface area contributed by atoms with E-state index in [1.165, 1.54) is 25.9 Å². The van der Waals surface area contributed by atoms with E-state index in [2.05, 4.69) is 46.4 Å². The summed E-state index contributed by atoms with van der Waals surface area (Å²) >= 11 is 0. The standard InChI is InChI=1S/C20H37N7O/c1-5-21-20(22-12-17(15(2)3)26-10-6-7-11-26)23-16-8-9-19-24-18(14-28-4)25-27(19)13-16/h15-17H,5-14H2,1-4H3,(H2,21,22,23). The highest BCUT2D eigenvalue weighted by Gasteiger charge is 2.25. The van der Waals surface area contributed by atoms with Gasteiger partial charge in [0.1, 0.15) is 12.4 Å². The van der Waals surface area contributed by atoms with E-state index in [9.17, 15) is 0 Å². The van der Waals surface area contributed by atoms with Crippen molar-refractivity contribution in [2.24, 2.45) is 10.9 Å². The average molecular weight is 392 g/mol. The molecule has 3 rings (SSSR count). The summed E-state index contributed by atoms with van der Waals surface area (Å²) in [5.41, 5.74) is 0. The summed E-state index contributed by atoms with van der Waals surface area (Å²) in [4.78, 5) is 12.1. The van der Waals surface area contributed by atoms with Crippen molar-refractivity contribution in [3.8, 4) is 0 Å². The third-order valence-electron chi connectivity index (χ3n) is 5.68. The molecule has 0 amide bonds. The first-order valence-electron chi connectivity index (χ1n) is 10.8. The zero-order valence-electron chi connectivity index (χ0n) is 17.9. The zero-order chi connectivity index (χ0) is 19.9. The van der Waals surface area contributed by atoms with Gasteiger partial charge < -0.3 is 15.4 Å². The molecule has 8 heteroatoms. The van der Waals surface area contributed by atoms with Crippen LogP contribution in [0.1, 0.15) is 51.7 Å². The van der Waals surface area contributed by atoms with E-state index < -0.39 is 0 Å². The Morgan fingerprint density at radius 2 is 2.11 bits per heavy atom. The van der Waals surface area contributed by atoms with Crippen LogP contribution in [0.5, 0.6) is 0 Å². The van der Waals surface area contributed by atoms with Gasteiger partial charge >= 0.3 is 0 Å². The minimum Gasteiger partial charge on any atom is -0.377 e. The second kappa shape index (κ2) is 10.2. The molecule has 0 spiro atoms. The van der Waals surface area contributed by atoms with Crippen LogP contribution in [0, 0.1) is 5.92 Å². The molecule has 158 valence electrons. The van der Waals surface area contributed by atoms with Crippen LogP contribution in [0.4, 0.5) is 0 Å². The second-order valence-corrected chi connectivity index (χ2v) is 8.21. The Kier molecular flexibility index (Phi) is 7.67. The highest BCUT2D eigenvalue weighted by atomic mass is 16.5. The molecule has 2 atom stereocenters. The van der Waals surface area contributed by atoms with Crippen LogP contribution in [-0.4, -0.2) is 71.0 Å². The molecule has 2 aliphatic rings. The van der Waals surface area contributed by atoms with Gasteiger partial charge in [-0.15, -0.1) is 0 Å². The first kappa shape index (κ1) is 21.0. The molecule has 28 heavy (non-hydrogen) atoms. The third-order valence-corrected chi connectivity index (χ3v) is 5.68. The molecule has 2 aliphatic heterocycles. The van der Waals surface area contributed by atoms with Gasteiger partial charge in [-0.2, -0.15) is 5.10 Å². The number of aryl methyl sites for hydroxylation is 1. The van der Waals surface area contributed by atoms with Crippen LogP contribution in [0.2, 0.25) is 0 Å². The first-order valence-corrected chi connectivity index (χ1v) is 10.8. The van der Waals surface area contributed by atoms with Crippen LogP contribution in [0.15, 0.2) is 4.99 Å². The smallest absolute Gasteiger partial charge is 0.191 e. The third kappa shape index (κ3) is 5.44. The molecule has 2 N–H and O–H groups in total.